The summed E-state index contributed by atoms with van der Waals surface area (Å²) < 4.78 is 0. The Labute approximate surface area is 222 Å². The Balaban J connectivity index is 0.00000280. The van der Waals surface area contributed by atoms with E-state index in [2.05, 4.69) is 83.4 Å². The van der Waals surface area contributed by atoms with Gasteiger partial charge >= 0.3 is 0 Å². The van der Waals surface area contributed by atoms with Crippen LogP contribution in [0.4, 0.5) is 11.4 Å². The van der Waals surface area contributed by atoms with Crippen molar-refractivity contribution in [1.82, 2.24) is 9.97 Å². The van der Waals surface area contributed by atoms with Crippen molar-refractivity contribution in [3.8, 4) is 22.5 Å². The van der Waals surface area contributed by atoms with Gasteiger partial charge in [0, 0.05) is 46.4 Å². The number of halogens is 1. The molecule has 0 aliphatic heterocycles. The molecule has 0 fully saturated rings. The molecule has 5 heteroatoms. The van der Waals surface area contributed by atoms with Crippen molar-refractivity contribution < 1.29 is 0 Å². The average molecular weight is 503 g/mol. The standard InChI is InChI=1S/C32H26N4.ClH/c1-3-11-23(12-4-1)29-21-31(25-15-7-9-17-27(25)35-29)33-19-20-34-32-22-30(24-13-5-2-6-14-24)36-28-18-10-8-16-26(28)32;/h1-18,21-22H,19-20H2,(H,33,35)(H,34,36);1H. The van der Waals surface area contributed by atoms with Crippen LogP contribution in [0.5, 0.6) is 0 Å². The van der Waals surface area contributed by atoms with E-state index in [-0.39, 0.29) is 12.4 Å². The molecule has 0 aliphatic carbocycles. The number of hydrogen-bond donors (Lipinski definition) is 2. The fourth-order valence-electron chi connectivity index (χ4n) is 4.55. The molecule has 4 aromatic carbocycles. The fraction of sp³-hybridized carbons (Fsp3) is 0.0625. The van der Waals surface area contributed by atoms with E-state index in [1.54, 1.807) is 0 Å². The molecule has 6 aromatic rings. The van der Waals surface area contributed by atoms with Crippen LogP contribution in [0.25, 0.3) is 44.3 Å². The lowest BCUT2D eigenvalue weighted by atomic mass is 10.1. The molecule has 0 bridgehead atoms. The zero-order valence-electron chi connectivity index (χ0n) is 20.3. The average Bonchev–Trinajstić information content (AvgIpc) is 2.96. The molecule has 4 nitrogen and oxygen atoms in total. The van der Waals surface area contributed by atoms with E-state index in [1.807, 2.05) is 48.5 Å². The predicted molar refractivity (Wildman–Crippen MR) is 159 cm³/mol. The van der Waals surface area contributed by atoms with Crippen LogP contribution in [-0.4, -0.2) is 23.1 Å². The van der Waals surface area contributed by atoms with Crippen LogP contribution in [-0.2, 0) is 0 Å². The Hall–Kier alpha value is -4.41. The molecule has 0 saturated carbocycles. The number of fused-ring (bicyclic) bond motifs is 2. The minimum Gasteiger partial charge on any atom is -0.383 e. The summed E-state index contributed by atoms with van der Waals surface area (Å²) in [5, 5.41) is 9.53. The van der Waals surface area contributed by atoms with Gasteiger partial charge in [-0.3, -0.25) is 0 Å². The SMILES string of the molecule is Cl.c1ccc(-c2cc(NCCNc3cc(-c4ccccc4)nc4ccccc34)c3ccccc3n2)cc1. The summed E-state index contributed by atoms with van der Waals surface area (Å²) in [6, 6.07) is 41.5. The molecule has 0 radical (unpaired) electrons. The van der Waals surface area contributed by atoms with Gasteiger partial charge in [0.05, 0.1) is 22.4 Å². The molecule has 37 heavy (non-hydrogen) atoms. The molecule has 0 atom stereocenters. The second-order valence-corrected chi connectivity index (χ2v) is 8.73. The summed E-state index contributed by atoms with van der Waals surface area (Å²) in [6.07, 6.45) is 0. The molecule has 0 unspecified atom stereocenters. The number of rotatable bonds is 7. The highest BCUT2D eigenvalue weighted by Gasteiger charge is 2.09. The van der Waals surface area contributed by atoms with E-state index < -0.39 is 0 Å². The normalized spacial score (nSPS) is 10.7. The van der Waals surface area contributed by atoms with E-state index in [0.717, 1.165) is 68.8 Å². The van der Waals surface area contributed by atoms with Crippen LogP contribution in [0.1, 0.15) is 0 Å². The molecule has 0 amide bonds. The quantitative estimate of drug-likeness (QED) is 0.217. The van der Waals surface area contributed by atoms with Gasteiger partial charge in [0.15, 0.2) is 0 Å². The summed E-state index contributed by atoms with van der Waals surface area (Å²) in [6.45, 7) is 1.53. The molecular formula is C32H27ClN4. The Kier molecular flexibility index (Phi) is 7.29. The van der Waals surface area contributed by atoms with E-state index >= 15 is 0 Å². The zero-order chi connectivity index (χ0) is 24.2. The monoisotopic (exact) mass is 502 g/mol. The van der Waals surface area contributed by atoms with Crippen LogP contribution in [0.3, 0.4) is 0 Å². The maximum Gasteiger partial charge on any atom is 0.0730 e. The van der Waals surface area contributed by atoms with Crippen LogP contribution < -0.4 is 10.6 Å². The third-order valence-corrected chi connectivity index (χ3v) is 6.33. The number of anilines is 2. The highest BCUT2D eigenvalue weighted by molar-refractivity contribution is 5.95. The summed E-state index contributed by atoms with van der Waals surface area (Å²) in [7, 11) is 0. The van der Waals surface area contributed by atoms with Crippen LogP contribution >= 0.6 is 12.4 Å². The Morgan fingerprint density at radius 1 is 0.459 bits per heavy atom. The maximum atomic E-state index is 4.89. The first-order chi connectivity index (χ1) is 17.8. The largest absolute Gasteiger partial charge is 0.383 e. The van der Waals surface area contributed by atoms with Crippen LogP contribution in [0.2, 0.25) is 0 Å². The topological polar surface area (TPSA) is 49.8 Å². The third-order valence-electron chi connectivity index (χ3n) is 6.33. The number of para-hydroxylation sites is 2. The highest BCUT2D eigenvalue weighted by Crippen LogP contribution is 2.29. The van der Waals surface area contributed by atoms with E-state index in [9.17, 15) is 0 Å². The zero-order valence-corrected chi connectivity index (χ0v) is 21.1. The minimum atomic E-state index is 0. The van der Waals surface area contributed by atoms with Gasteiger partial charge < -0.3 is 10.6 Å². The Morgan fingerprint density at radius 2 is 0.838 bits per heavy atom. The maximum absolute atomic E-state index is 4.89. The molecule has 2 heterocycles. The first-order valence-electron chi connectivity index (χ1n) is 12.2. The summed E-state index contributed by atoms with van der Waals surface area (Å²) in [5.74, 6) is 0. The van der Waals surface area contributed by atoms with Crippen molar-refractivity contribution in [2.75, 3.05) is 23.7 Å². The molecule has 6 rings (SSSR count). The van der Waals surface area contributed by atoms with Crippen LogP contribution in [0, 0.1) is 0 Å². The van der Waals surface area contributed by atoms with Crippen molar-refractivity contribution in [1.29, 1.82) is 0 Å². The lowest BCUT2D eigenvalue weighted by Gasteiger charge is -2.15. The number of benzene rings is 4. The van der Waals surface area contributed by atoms with Crippen molar-refractivity contribution in [2.24, 2.45) is 0 Å². The summed E-state index contributed by atoms with van der Waals surface area (Å²) >= 11 is 0. The van der Waals surface area contributed by atoms with Gasteiger partial charge in [0.25, 0.3) is 0 Å². The fourth-order valence-corrected chi connectivity index (χ4v) is 4.55. The van der Waals surface area contributed by atoms with E-state index in [4.69, 9.17) is 9.97 Å². The second-order valence-electron chi connectivity index (χ2n) is 8.73. The smallest absolute Gasteiger partial charge is 0.0730 e. The summed E-state index contributed by atoms with van der Waals surface area (Å²) in [4.78, 5) is 9.78. The highest BCUT2D eigenvalue weighted by atomic mass is 35.5. The van der Waals surface area contributed by atoms with Gasteiger partial charge in [-0.2, -0.15) is 0 Å². The number of aromatic nitrogens is 2. The molecule has 0 saturated heterocycles. The molecule has 2 aromatic heterocycles. The van der Waals surface area contributed by atoms with Crippen molar-refractivity contribution in [3.63, 3.8) is 0 Å². The molecule has 2 N–H and O–H groups in total. The second kappa shape index (κ2) is 11.1. The number of hydrogen-bond acceptors (Lipinski definition) is 4. The van der Waals surface area contributed by atoms with Gasteiger partial charge in [-0.15, -0.1) is 12.4 Å². The molecular weight excluding hydrogens is 476 g/mol. The minimum absolute atomic E-state index is 0. The molecule has 0 aliphatic rings. The Bertz CT molecular complexity index is 1510. The number of nitrogens with zero attached hydrogens (tertiary/aromatic N) is 2. The third kappa shape index (κ3) is 5.25. The first kappa shape index (κ1) is 24.3. The number of pyridine rings is 2. The van der Waals surface area contributed by atoms with Gasteiger partial charge in [-0.25, -0.2) is 9.97 Å². The van der Waals surface area contributed by atoms with E-state index in [1.165, 1.54) is 0 Å². The van der Waals surface area contributed by atoms with Crippen molar-refractivity contribution in [3.05, 3.63) is 121 Å². The molecule has 0 spiro atoms. The summed E-state index contributed by atoms with van der Waals surface area (Å²) in [5.41, 5.74) is 8.32. The first-order valence-corrected chi connectivity index (χ1v) is 12.2. The van der Waals surface area contributed by atoms with Gasteiger partial charge in [-0.05, 0) is 24.3 Å². The van der Waals surface area contributed by atoms with E-state index in [0.29, 0.717) is 0 Å². The Morgan fingerprint density at radius 3 is 1.27 bits per heavy atom. The molecule has 182 valence electrons. The van der Waals surface area contributed by atoms with Crippen LogP contribution in [0.15, 0.2) is 121 Å². The van der Waals surface area contributed by atoms with Gasteiger partial charge in [0.1, 0.15) is 0 Å². The van der Waals surface area contributed by atoms with Crippen molar-refractivity contribution in [2.45, 2.75) is 0 Å². The van der Waals surface area contributed by atoms with Gasteiger partial charge in [0.2, 0.25) is 0 Å². The predicted octanol–water partition coefficient (Wildman–Crippen LogP) is 8.06. The van der Waals surface area contributed by atoms with Gasteiger partial charge in [-0.1, -0.05) is 97.1 Å². The lowest BCUT2D eigenvalue weighted by Crippen LogP contribution is -2.14. The lowest BCUT2D eigenvalue weighted by molar-refractivity contribution is 1.08. The number of nitrogens with one attached hydrogen (secondary N) is 2. The van der Waals surface area contributed by atoms with Crippen molar-refractivity contribution >= 4 is 45.6 Å².